The lowest BCUT2D eigenvalue weighted by Gasteiger charge is -2.22. The highest BCUT2D eigenvalue weighted by molar-refractivity contribution is 8.00. The van der Waals surface area contributed by atoms with Gasteiger partial charge in [0.05, 0.1) is 12.4 Å². The summed E-state index contributed by atoms with van der Waals surface area (Å²) in [5.74, 6) is -0.343. The number of rotatable bonds is 12. The summed E-state index contributed by atoms with van der Waals surface area (Å²) in [6.45, 7) is 12.1. The largest absolute Gasteiger partial charge is 0.467 e. The zero-order valence-corrected chi connectivity index (χ0v) is 24.3. The van der Waals surface area contributed by atoms with Gasteiger partial charge in [-0.3, -0.25) is 4.79 Å². The molecule has 1 aromatic heterocycles. The second-order valence-electron chi connectivity index (χ2n) is 10.8. The van der Waals surface area contributed by atoms with Crippen molar-refractivity contribution in [1.82, 2.24) is 15.2 Å². The molecule has 0 radical (unpaired) electrons. The van der Waals surface area contributed by atoms with Crippen LogP contribution in [0.25, 0.3) is 10.9 Å². The van der Waals surface area contributed by atoms with E-state index in [1.165, 1.54) is 7.11 Å². The lowest BCUT2D eigenvalue weighted by molar-refractivity contribution is -0.145. The summed E-state index contributed by atoms with van der Waals surface area (Å²) in [5.41, 5.74) is 1.73. The third-order valence-corrected chi connectivity index (χ3v) is 7.08. The molecule has 1 heterocycles. The number of hydrogen-bond donors (Lipinski definition) is 2. The maximum Gasteiger partial charge on any atom is 0.407 e. The summed E-state index contributed by atoms with van der Waals surface area (Å²) in [7, 11) is 3.33. The highest BCUT2D eigenvalue weighted by Crippen LogP contribution is 2.36. The smallest absolute Gasteiger partial charge is 0.407 e. The first kappa shape index (κ1) is 30.5. The number of benzene rings is 1. The van der Waals surface area contributed by atoms with E-state index in [-0.39, 0.29) is 11.2 Å². The van der Waals surface area contributed by atoms with Crippen LogP contribution in [0.3, 0.4) is 0 Å². The van der Waals surface area contributed by atoms with Crippen molar-refractivity contribution in [2.75, 3.05) is 13.7 Å². The Kier molecular flexibility index (Phi) is 11.3. The molecule has 2 N–H and O–H groups in total. The number of aromatic nitrogens is 1. The number of aryl methyl sites for hydroxylation is 2. The lowest BCUT2D eigenvalue weighted by atomic mass is 10.1. The minimum atomic E-state index is -0.747. The van der Waals surface area contributed by atoms with Gasteiger partial charge >= 0.3 is 12.1 Å². The van der Waals surface area contributed by atoms with Crippen LogP contribution in [0.5, 0.6) is 0 Å². The first-order valence-corrected chi connectivity index (χ1v) is 13.8. The fraction of sp³-hybridized carbons (Fsp3) is 0.607. The monoisotopic (exact) mass is 533 g/mol. The molecule has 9 heteroatoms. The van der Waals surface area contributed by atoms with Gasteiger partial charge < -0.3 is 24.7 Å². The van der Waals surface area contributed by atoms with Crippen molar-refractivity contribution < 1.29 is 23.9 Å². The van der Waals surface area contributed by atoms with Gasteiger partial charge in [0.15, 0.2) is 0 Å². The third kappa shape index (κ3) is 9.61. The molecule has 0 fully saturated rings. The molecule has 0 saturated heterocycles. The number of carbonyl (C=O) groups is 3. The van der Waals surface area contributed by atoms with E-state index in [9.17, 15) is 14.4 Å². The van der Waals surface area contributed by atoms with Crippen LogP contribution in [0.4, 0.5) is 4.79 Å². The van der Waals surface area contributed by atoms with E-state index in [1.54, 1.807) is 11.8 Å². The van der Waals surface area contributed by atoms with Crippen molar-refractivity contribution >= 4 is 40.6 Å². The van der Waals surface area contributed by atoms with E-state index in [2.05, 4.69) is 54.3 Å². The SMILES string of the molecule is COC(=O)[C@H](CCCCNC(=O)OC(C)(C)C)NC(=O)[C@@H](CC(C)C)Sc1cn(C)c2cccc(C)c12. The standard InChI is InChI=1S/C28H43N3O5S/c1-18(2)16-22(37-23-17-31(7)21-14-11-12-19(3)24(21)23)25(32)30-20(26(33)35-8)13-9-10-15-29-27(34)36-28(4,5)6/h11-12,14,17-18,20,22H,9-10,13,15-16H2,1-8H3,(H,29,34)(H,30,32)/t20-,22+/m0/s1. The number of carbonyl (C=O) groups excluding carboxylic acids is 3. The highest BCUT2D eigenvalue weighted by Gasteiger charge is 2.28. The fourth-order valence-electron chi connectivity index (χ4n) is 4.09. The van der Waals surface area contributed by atoms with E-state index in [4.69, 9.17) is 9.47 Å². The number of hydrogen-bond acceptors (Lipinski definition) is 6. The second kappa shape index (κ2) is 13.7. The minimum absolute atomic E-state index is 0.174. The van der Waals surface area contributed by atoms with E-state index < -0.39 is 23.7 Å². The number of methoxy groups -OCH3 is 1. The van der Waals surface area contributed by atoms with Gasteiger partial charge in [0.1, 0.15) is 11.6 Å². The molecule has 0 aliphatic heterocycles. The summed E-state index contributed by atoms with van der Waals surface area (Å²) in [6.07, 6.45) is 3.95. The van der Waals surface area contributed by atoms with Crippen molar-refractivity contribution in [3.05, 3.63) is 30.0 Å². The molecule has 2 aromatic rings. The summed E-state index contributed by atoms with van der Waals surface area (Å²) in [4.78, 5) is 38.8. The number of thioether (sulfide) groups is 1. The fourth-order valence-corrected chi connectivity index (χ4v) is 5.66. The summed E-state index contributed by atoms with van der Waals surface area (Å²) in [6, 6.07) is 5.45. The van der Waals surface area contributed by atoms with Gasteiger partial charge in [0.2, 0.25) is 5.91 Å². The first-order chi connectivity index (χ1) is 17.3. The molecule has 0 unspecified atom stereocenters. The Morgan fingerprint density at radius 2 is 1.84 bits per heavy atom. The molecular weight excluding hydrogens is 490 g/mol. The molecule has 0 aliphatic carbocycles. The van der Waals surface area contributed by atoms with Gasteiger partial charge in [-0.2, -0.15) is 0 Å². The van der Waals surface area contributed by atoms with Crippen molar-refractivity contribution in [3.8, 4) is 0 Å². The Bertz CT molecular complexity index is 1070. The predicted octanol–water partition coefficient (Wildman–Crippen LogP) is 5.35. The molecule has 0 bridgehead atoms. The zero-order valence-electron chi connectivity index (χ0n) is 23.5. The maximum atomic E-state index is 13.4. The van der Waals surface area contributed by atoms with E-state index in [0.717, 1.165) is 21.4 Å². The van der Waals surface area contributed by atoms with Crippen LogP contribution in [-0.2, 0) is 26.1 Å². The number of fused-ring (bicyclic) bond motifs is 1. The van der Waals surface area contributed by atoms with E-state index in [1.807, 2.05) is 33.9 Å². The third-order valence-electron chi connectivity index (χ3n) is 5.83. The highest BCUT2D eigenvalue weighted by atomic mass is 32.2. The summed E-state index contributed by atoms with van der Waals surface area (Å²) >= 11 is 1.54. The average Bonchev–Trinajstić information content (AvgIpc) is 3.11. The maximum absolute atomic E-state index is 13.4. The molecule has 1 aromatic carbocycles. The lowest BCUT2D eigenvalue weighted by Crippen LogP contribution is -2.45. The number of nitrogens with one attached hydrogen (secondary N) is 2. The number of unbranched alkanes of at least 4 members (excludes halogenated alkanes) is 1. The minimum Gasteiger partial charge on any atom is -0.467 e. The van der Waals surface area contributed by atoms with Crippen LogP contribution < -0.4 is 10.6 Å². The van der Waals surface area contributed by atoms with Crippen molar-refractivity contribution in [2.45, 2.75) is 89.0 Å². The molecule has 2 atom stereocenters. The molecule has 37 heavy (non-hydrogen) atoms. The molecule has 8 nitrogen and oxygen atoms in total. The Morgan fingerprint density at radius 3 is 2.46 bits per heavy atom. The van der Waals surface area contributed by atoms with Gasteiger partial charge in [0.25, 0.3) is 0 Å². The van der Waals surface area contributed by atoms with E-state index >= 15 is 0 Å². The van der Waals surface area contributed by atoms with Crippen LogP contribution in [0.2, 0.25) is 0 Å². The molecule has 0 spiro atoms. The molecule has 2 rings (SSSR count). The number of amides is 2. The molecular formula is C28H43N3O5S. The molecule has 2 amide bonds. The predicted molar refractivity (Wildman–Crippen MR) is 149 cm³/mol. The van der Waals surface area contributed by atoms with Crippen LogP contribution in [0, 0.1) is 12.8 Å². The van der Waals surface area contributed by atoms with Crippen molar-refractivity contribution in [1.29, 1.82) is 0 Å². The number of ether oxygens (including phenoxy) is 2. The van der Waals surface area contributed by atoms with Gasteiger partial charge in [0, 0.05) is 35.6 Å². The van der Waals surface area contributed by atoms with Gasteiger partial charge in [-0.1, -0.05) is 26.0 Å². The van der Waals surface area contributed by atoms with Gasteiger partial charge in [-0.05, 0) is 70.9 Å². The topological polar surface area (TPSA) is 98.7 Å². The van der Waals surface area contributed by atoms with Gasteiger partial charge in [-0.25, -0.2) is 9.59 Å². The van der Waals surface area contributed by atoms with Crippen molar-refractivity contribution in [3.63, 3.8) is 0 Å². The Balaban J connectivity index is 2.04. The summed E-state index contributed by atoms with van der Waals surface area (Å²) in [5, 5.41) is 6.45. The van der Waals surface area contributed by atoms with Gasteiger partial charge in [-0.15, -0.1) is 11.8 Å². The first-order valence-electron chi connectivity index (χ1n) is 12.9. The Hall–Kier alpha value is -2.68. The Labute approximate surface area is 225 Å². The van der Waals surface area contributed by atoms with Crippen LogP contribution >= 0.6 is 11.8 Å². The average molecular weight is 534 g/mol. The summed E-state index contributed by atoms with van der Waals surface area (Å²) < 4.78 is 12.3. The van der Waals surface area contributed by atoms with Crippen LogP contribution in [0.1, 0.15) is 65.9 Å². The van der Waals surface area contributed by atoms with Crippen molar-refractivity contribution in [2.24, 2.45) is 13.0 Å². The number of nitrogens with zero attached hydrogens (tertiary/aromatic N) is 1. The molecule has 0 aliphatic rings. The normalized spacial score (nSPS) is 13.3. The quantitative estimate of drug-likeness (QED) is 0.217. The van der Waals surface area contributed by atoms with Crippen LogP contribution in [0.15, 0.2) is 29.3 Å². The number of alkyl carbamates (subject to hydrolysis) is 1. The molecule has 0 saturated carbocycles. The molecule has 206 valence electrons. The number of esters is 1. The Morgan fingerprint density at radius 1 is 1.14 bits per heavy atom. The van der Waals surface area contributed by atoms with E-state index in [0.29, 0.717) is 38.1 Å². The zero-order chi connectivity index (χ0) is 27.8. The van der Waals surface area contributed by atoms with Crippen LogP contribution in [-0.4, -0.2) is 53.1 Å². The second-order valence-corrected chi connectivity index (χ2v) is 12.1.